The minimum atomic E-state index is -1.50. The number of aryl methyl sites for hydroxylation is 2. The van der Waals surface area contributed by atoms with Gasteiger partial charge in [0.05, 0.1) is 11.8 Å². The molecule has 2 N–H and O–H groups in total. The number of hydrogen-bond donors (Lipinski definition) is 2. The molecule has 6 nitrogen and oxygen atoms in total. The molecule has 1 aromatic carbocycles. The summed E-state index contributed by atoms with van der Waals surface area (Å²) in [5.74, 6) is -1.02. The first-order chi connectivity index (χ1) is 11.6. The molecule has 0 bridgehead atoms. The molecule has 0 fully saturated rings. The molecule has 1 heterocycles. The second kappa shape index (κ2) is 6.77. The lowest BCUT2D eigenvalue weighted by Gasteiger charge is -2.17. The largest absolute Gasteiger partial charge is 0.506 e. The van der Waals surface area contributed by atoms with Crippen molar-refractivity contribution in [2.45, 2.75) is 33.4 Å². The molecule has 2 aromatic rings. The van der Waals surface area contributed by atoms with Gasteiger partial charge in [-0.05, 0) is 44.9 Å². The number of nitriles is 1. The predicted molar refractivity (Wildman–Crippen MR) is 90.3 cm³/mol. The summed E-state index contributed by atoms with van der Waals surface area (Å²) in [6.45, 7) is 6.14. The Labute approximate surface area is 144 Å². The topological polar surface area (TPSA) is 99.2 Å². The van der Waals surface area contributed by atoms with Gasteiger partial charge >= 0.3 is 0 Å². The molecule has 0 spiro atoms. The van der Waals surface area contributed by atoms with E-state index in [0.29, 0.717) is 16.8 Å². The Bertz CT molecular complexity index is 886. The van der Waals surface area contributed by atoms with Gasteiger partial charge in [0.1, 0.15) is 17.5 Å². The Hall–Kier alpha value is -3.14. The van der Waals surface area contributed by atoms with Gasteiger partial charge in [0.2, 0.25) is 0 Å². The van der Waals surface area contributed by atoms with Crippen molar-refractivity contribution in [3.8, 4) is 6.07 Å². The fraction of sp³-hybridized carbons (Fsp3) is 0.278. The number of halogens is 1. The standard InChI is InChI=1S/C18H18FN3O3/c1-10-7-12(18(3,4)19)5-6-15(10)22-17(24)13(8-20)16(23)14-9-21-25-11(14)2/h5-7,9,23H,1-4H3,(H,22,24)/b16-13-. The molecule has 0 aliphatic carbocycles. The molecule has 0 saturated carbocycles. The van der Waals surface area contributed by atoms with Crippen molar-refractivity contribution in [3.05, 3.63) is 52.4 Å². The summed E-state index contributed by atoms with van der Waals surface area (Å²) in [6, 6.07) is 6.42. The fourth-order valence-corrected chi connectivity index (χ4v) is 2.23. The zero-order chi connectivity index (χ0) is 18.8. The first-order valence-electron chi connectivity index (χ1n) is 7.51. The quantitative estimate of drug-likeness (QED) is 0.498. The highest BCUT2D eigenvalue weighted by molar-refractivity contribution is 6.11. The Morgan fingerprint density at radius 1 is 1.40 bits per heavy atom. The average molecular weight is 343 g/mol. The van der Waals surface area contributed by atoms with Crippen LogP contribution in [0.5, 0.6) is 0 Å². The molecule has 25 heavy (non-hydrogen) atoms. The molecule has 2 rings (SSSR count). The van der Waals surface area contributed by atoms with Crippen LogP contribution in [0.1, 0.15) is 36.3 Å². The normalized spacial score (nSPS) is 12.3. The summed E-state index contributed by atoms with van der Waals surface area (Å²) in [5, 5.41) is 25.4. The Balaban J connectivity index is 2.33. The van der Waals surface area contributed by atoms with E-state index in [1.807, 2.05) is 0 Å². The number of aromatic nitrogens is 1. The molecule has 0 aliphatic heterocycles. The van der Waals surface area contributed by atoms with Crippen LogP contribution in [0.15, 0.2) is 34.5 Å². The van der Waals surface area contributed by atoms with Crippen molar-refractivity contribution in [2.75, 3.05) is 5.32 Å². The molecule has 1 amide bonds. The van der Waals surface area contributed by atoms with Crippen LogP contribution < -0.4 is 5.32 Å². The molecular formula is C18H18FN3O3. The van der Waals surface area contributed by atoms with E-state index < -0.39 is 22.9 Å². The number of hydrogen-bond acceptors (Lipinski definition) is 5. The van der Waals surface area contributed by atoms with Gasteiger partial charge in [-0.1, -0.05) is 17.3 Å². The van der Waals surface area contributed by atoms with Gasteiger partial charge in [-0.2, -0.15) is 5.26 Å². The zero-order valence-corrected chi connectivity index (χ0v) is 14.3. The lowest BCUT2D eigenvalue weighted by molar-refractivity contribution is -0.112. The summed E-state index contributed by atoms with van der Waals surface area (Å²) < 4.78 is 18.8. The summed E-state index contributed by atoms with van der Waals surface area (Å²) in [7, 11) is 0. The highest BCUT2D eigenvalue weighted by Gasteiger charge is 2.22. The monoisotopic (exact) mass is 343 g/mol. The average Bonchev–Trinajstić information content (AvgIpc) is 2.95. The van der Waals surface area contributed by atoms with Crippen LogP contribution in [0.4, 0.5) is 10.1 Å². The van der Waals surface area contributed by atoms with E-state index in [0.717, 1.165) is 0 Å². The summed E-state index contributed by atoms with van der Waals surface area (Å²) in [5.41, 5.74) is -0.287. The number of aliphatic hydroxyl groups is 1. The number of rotatable bonds is 4. The van der Waals surface area contributed by atoms with Gasteiger partial charge < -0.3 is 14.9 Å². The second-order valence-corrected chi connectivity index (χ2v) is 6.09. The second-order valence-electron chi connectivity index (χ2n) is 6.09. The van der Waals surface area contributed by atoms with Gasteiger partial charge in [-0.3, -0.25) is 4.79 Å². The number of benzene rings is 1. The highest BCUT2D eigenvalue weighted by Crippen LogP contribution is 2.28. The van der Waals surface area contributed by atoms with E-state index in [2.05, 4.69) is 10.5 Å². The first kappa shape index (κ1) is 18.2. The third kappa shape index (κ3) is 3.86. The number of alkyl halides is 1. The van der Waals surface area contributed by atoms with Crippen molar-refractivity contribution < 1.29 is 18.8 Å². The van der Waals surface area contributed by atoms with Gasteiger partial charge in [0.15, 0.2) is 11.3 Å². The zero-order valence-electron chi connectivity index (χ0n) is 14.3. The van der Waals surface area contributed by atoms with Crippen molar-refractivity contribution >= 4 is 17.4 Å². The minimum Gasteiger partial charge on any atom is -0.506 e. The van der Waals surface area contributed by atoms with E-state index in [9.17, 15) is 19.6 Å². The smallest absolute Gasteiger partial charge is 0.270 e. The van der Waals surface area contributed by atoms with Crippen molar-refractivity contribution in [2.24, 2.45) is 0 Å². The number of nitrogens with zero attached hydrogens (tertiary/aromatic N) is 2. The Morgan fingerprint density at radius 3 is 2.56 bits per heavy atom. The van der Waals surface area contributed by atoms with Crippen molar-refractivity contribution in [1.82, 2.24) is 5.16 Å². The van der Waals surface area contributed by atoms with E-state index in [1.54, 1.807) is 38.1 Å². The molecular weight excluding hydrogens is 325 g/mol. The molecule has 0 radical (unpaired) electrons. The van der Waals surface area contributed by atoms with Gasteiger partial charge in [0.25, 0.3) is 5.91 Å². The SMILES string of the molecule is Cc1cc(C(C)(C)F)ccc1NC(=O)/C(C#N)=C(\O)c1cnoc1C. The van der Waals surface area contributed by atoms with E-state index in [-0.39, 0.29) is 11.3 Å². The third-order valence-electron chi connectivity index (χ3n) is 3.74. The third-order valence-corrected chi connectivity index (χ3v) is 3.74. The number of amides is 1. The number of anilines is 1. The summed E-state index contributed by atoms with van der Waals surface area (Å²) in [4.78, 5) is 12.3. The number of nitrogens with one attached hydrogen (secondary N) is 1. The molecule has 0 saturated heterocycles. The Kier molecular flexibility index (Phi) is 4.93. The van der Waals surface area contributed by atoms with Gasteiger partial charge in [-0.15, -0.1) is 0 Å². The van der Waals surface area contributed by atoms with Crippen LogP contribution in [0.3, 0.4) is 0 Å². The number of carbonyl (C=O) groups excluding carboxylic acids is 1. The predicted octanol–water partition coefficient (Wildman–Crippen LogP) is 3.93. The molecule has 0 unspecified atom stereocenters. The van der Waals surface area contributed by atoms with Crippen LogP contribution in [0.2, 0.25) is 0 Å². The summed E-state index contributed by atoms with van der Waals surface area (Å²) in [6.07, 6.45) is 1.22. The molecule has 7 heteroatoms. The number of carbonyl (C=O) groups is 1. The lowest BCUT2D eigenvalue weighted by atomic mass is 9.97. The lowest BCUT2D eigenvalue weighted by Crippen LogP contribution is -2.17. The van der Waals surface area contributed by atoms with E-state index in [4.69, 9.17) is 4.52 Å². The van der Waals surface area contributed by atoms with E-state index >= 15 is 0 Å². The van der Waals surface area contributed by atoms with Crippen LogP contribution >= 0.6 is 0 Å². The molecule has 1 aromatic heterocycles. The maximum atomic E-state index is 14.0. The maximum Gasteiger partial charge on any atom is 0.270 e. The van der Waals surface area contributed by atoms with Crippen molar-refractivity contribution in [3.63, 3.8) is 0 Å². The van der Waals surface area contributed by atoms with Crippen molar-refractivity contribution in [1.29, 1.82) is 5.26 Å². The van der Waals surface area contributed by atoms with E-state index in [1.165, 1.54) is 20.0 Å². The highest BCUT2D eigenvalue weighted by atomic mass is 19.1. The van der Waals surface area contributed by atoms with Crippen LogP contribution in [0, 0.1) is 25.2 Å². The minimum absolute atomic E-state index is 0.165. The van der Waals surface area contributed by atoms with Gasteiger partial charge in [-0.25, -0.2) is 4.39 Å². The summed E-state index contributed by atoms with van der Waals surface area (Å²) >= 11 is 0. The van der Waals surface area contributed by atoms with Gasteiger partial charge in [0, 0.05) is 5.69 Å². The maximum absolute atomic E-state index is 14.0. The fourth-order valence-electron chi connectivity index (χ4n) is 2.23. The number of aliphatic hydroxyl groups excluding tert-OH is 1. The molecule has 0 aliphatic rings. The Morgan fingerprint density at radius 2 is 2.08 bits per heavy atom. The molecule has 130 valence electrons. The first-order valence-corrected chi connectivity index (χ1v) is 7.51. The molecule has 0 atom stereocenters. The van der Waals surface area contributed by atoms with Crippen LogP contribution in [-0.4, -0.2) is 16.2 Å². The van der Waals surface area contributed by atoms with Crippen LogP contribution in [0.25, 0.3) is 5.76 Å². The van der Waals surface area contributed by atoms with Crippen LogP contribution in [-0.2, 0) is 10.5 Å².